The van der Waals surface area contributed by atoms with Crippen molar-refractivity contribution in [2.45, 2.75) is 26.2 Å². The van der Waals surface area contributed by atoms with Crippen LogP contribution in [0.25, 0.3) is 0 Å². The minimum absolute atomic E-state index is 0.0905. The van der Waals surface area contributed by atoms with E-state index in [1.807, 2.05) is 0 Å². The molecule has 0 amide bonds. The van der Waals surface area contributed by atoms with E-state index in [1.54, 1.807) is 0 Å². The monoisotopic (exact) mass is 246 g/mol. The van der Waals surface area contributed by atoms with Gasteiger partial charge in [-0.15, -0.1) is 0 Å². The molecule has 2 N–H and O–H groups in total. The summed E-state index contributed by atoms with van der Waals surface area (Å²) in [6.07, 6.45) is 2.66. The summed E-state index contributed by atoms with van der Waals surface area (Å²) in [5, 5.41) is 9.20. The first kappa shape index (κ1) is 10.2. The first-order chi connectivity index (χ1) is 6.15. The first-order valence-corrected chi connectivity index (χ1v) is 4.92. The van der Waals surface area contributed by atoms with Gasteiger partial charge in [0.2, 0.25) is 5.88 Å². The number of halogens is 1. The normalized spacial score (nSPS) is 10.3. The molecule has 1 aromatic rings. The Labute approximate surface area is 84.2 Å². The van der Waals surface area contributed by atoms with Crippen LogP contribution in [0.4, 0.5) is 0 Å². The van der Waals surface area contributed by atoms with E-state index in [-0.39, 0.29) is 15.9 Å². The van der Waals surface area contributed by atoms with Gasteiger partial charge in [0.05, 0.1) is 0 Å². The predicted molar refractivity (Wildman–Crippen MR) is 52.8 cm³/mol. The SMILES string of the molecule is CCCCc1nc(O)c(Br)c(=O)[nH]1. The molecule has 1 rings (SSSR count). The zero-order valence-electron chi connectivity index (χ0n) is 7.30. The molecule has 13 heavy (non-hydrogen) atoms. The van der Waals surface area contributed by atoms with Crippen LogP contribution in [-0.4, -0.2) is 15.1 Å². The fourth-order valence-electron chi connectivity index (χ4n) is 0.955. The van der Waals surface area contributed by atoms with E-state index in [0.29, 0.717) is 12.2 Å². The summed E-state index contributed by atoms with van der Waals surface area (Å²) in [5.74, 6) is 0.294. The largest absolute Gasteiger partial charge is 0.492 e. The highest BCUT2D eigenvalue weighted by Gasteiger charge is 2.06. The highest BCUT2D eigenvalue weighted by atomic mass is 79.9. The maximum absolute atomic E-state index is 11.1. The molecule has 0 saturated carbocycles. The number of hydrogen-bond donors (Lipinski definition) is 2. The molecule has 1 aromatic heterocycles. The summed E-state index contributed by atoms with van der Waals surface area (Å²) < 4.78 is 0.0905. The number of aryl methyl sites for hydroxylation is 1. The Hall–Kier alpha value is -0.840. The van der Waals surface area contributed by atoms with Crippen LogP contribution in [-0.2, 0) is 6.42 Å². The van der Waals surface area contributed by atoms with Crippen LogP contribution >= 0.6 is 15.9 Å². The molecule has 0 atom stereocenters. The highest BCUT2D eigenvalue weighted by Crippen LogP contribution is 2.15. The van der Waals surface area contributed by atoms with E-state index in [4.69, 9.17) is 0 Å². The summed E-state index contributed by atoms with van der Waals surface area (Å²) in [6, 6.07) is 0. The van der Waals surface area contributed by atoms with Crippen molar-refractivity contribution in [1.29, 1.82) is 0 Å². The molecule has 0 bridgehead atoms. The van der Waals surface area contributed by atoms with E-state index in [2.05, 4.69) is 32.8 Å². The van der Waals surface area contributed by atoms with Crippen LogP contribution in [0.2, 0.25) is 0 Å². The summed E-state index contributed by atoms with van der Waals surface area (Å²) in [5.41, 5.74) is -0.335. The number of nitrogens with one attached hydrogen (secondary N) is 1. The molecule has 0 aromatic carbocycles. The van der Waals surface area contributed by atoms with Gasteiger partial charge in [-0.25, -0.2) is 0 Å². The number of nitrogens with zero attached hydrogens (tertiary/aromatic N) is 1. The maximum atomic E-state index is 11.1. The second kappa shape index (κ2) is 4.41. The molecule has 0 aliphatic heterocycles. The first-order valence-electron chi connectivity index (χ1n) is 4.12. The van der Waals surface area contributed by atoms with Crippen molar-refractivity contribution in [3.8, 4) is 5.88 Å². The lowest BCUT2D eigenvalue weighted by Crippen LogP contribution is -2.12. The Kier molecular flexibility index (Phi) is 3.48. The summed E-state index contributed by atoms with van der Waals surface area (Å²) in [6.45, 7) is 2.05. The summed E-state index contributed by atoms with van der Waals surface area (Å²) >= 11 is 2.93. The van der Waals surface area contributed by atoms with Crippen LogP contribution in [0.15, 0.2) is 9.27 Å². The van der Waals surface area contributed by atoms with Crippen LogP contribution in [0.5, 0.6) is 5.88 Å². The molecule has 0 aliphatic rings. The molecule has 0 fully saturated rings. The van der Waals surface area contributed by atoms with E-state index in [0.717, 1.165) is 12.8 Å². The predicted octanol–water partition coefficient (Wildman–Crippen LogP) is 1.58. The number of aromatic nitrogens is 2. The average Bonchev–Trinajstić information content (AvgIpc) is 2.10. The fraction of sp³-hybridized carbons (Fsp3) is 0.500. The Bertz CT molecular complexity index is 348. The average molecular weight is 247 g/mol. The van der Waals surface area contributed by atoms with Gasteiger partial charge in [-0.05, 0) is 22.4 Å². The third kappa shape index (κ3) is 2.55. The lowest BCUT2D eigenvalue weighted by Gasteiger charge is -2.00. The molecule has 5 heteroatoms. The molecule has 1 heterocycles. The summed E-state index contributed by atoms with van der Waals surface area (Å²) in [7, 11) is 0. The quantitative estimate of drug-likeness (QED) is 0.852. The maximum Gasteiger partial charge on any atom is 0.269 e. The zero-order chi connectivity index (χ0) is 9.84. The summed E-state index contributed by atoms with van der Waals surface area (Å²) in [4.78, 5) is 17.5. The Morgan fingerprint density at radius 3 is 2.85 bits per heavy atom. The van der Waals surface area contributed by atoms with Gasteiger partial charge in [0.1, 0.15) is 10.3 Å². The topological polar surface area (TPSA) is 66.0 Å². The number of rotatable bonds is 3. The van der Waals surface area contributed by atoms with Gasteiger partial charge in [0.25, 0.3) is 5.56 Å². The molecule has 0 spiro atoms. The van der Waals surface area contributed by atoms with E-state index < -0.39 is 0 Å². The highest BCUT2D eigenvalue weighted by molar-refractivity contribution is 9.10. The number of aromatic amines is 1. The molecule has 4 nitrogen and oxygen atoms in total. The number of hydrogen-bond acceptors (Lipinski definition) is 3. The minimum atomic E-state index is -0.335. The minimum Gasteiger partial charge on any atom is -0.492 e. The van der Waals surface area contributed by atoms with Crippen LogP contribution in [0.3, 0.4) is 0 Å². The van der Waals surface area contributed by atoms with Crippen LogP contribution in [0.1, 0.15) is 25.6 Å². The number of aromatic hydroxyl groups is 1. The van der Waals surface area contributed by atoms with E-state index in [9.17, 15) is 9.90 Å². The molecule has 0 unspecified atom stereocenters. The molecule has 72 valence electrons. The van der Waals surface area contributed by atoms with Crippen molar-refractivity contribution in [3.63, 3.8) is 0 Å². The van der Waals surface area contributed by atoms with Crippen molar-refractivity contribution in [1.82, 2.24) is 9.97 Å². The van der Waals surface area contributed by atoms with Crippen molar-refractivity contribution >= 4 is 15.9 Å². The van der Waals surface area contributed by atoms with E-state index in [1.165, 1.54) is 0 Å². The molecular weight excluding hydrogens is 236 g/mol. The van der Waals surface area contributed by atoms with Crippen molar-refractivity contribution < 1.29 is 5.11 Å². The van der Waals surface area contributed by atoms with Crippen LogP contribution < -0.4 is 5.56 Å². The van der Waals surface area contributed by atoms with Gasteiger partial charge in [0.15, 0.2) is 0 Å². The van der Waals surface area contributed by atoms with Gasteiger partial charge < -0.3 is 10.1 Å². The van der Waals surface area contributed by atoms with Crippen molar-refractivity contribution in [2.24, 2.45) is 0 Å². The number of unbranched alkanes of at least 4 members (excludes halogenated alkanes) is 1. The molecule has 0 saturated heterocycles. The van der Waals surface area contributed by atoms with Gasteiger partial charge in [0, 0.05) is 6.42 Å². The molecule has 0 radical (unpaired) electrons. The Balaban J connectivity index is 2.93. The smallest absolute Gasteiger partial charge is 0.269 e. The lowest BCUT2D eigenvalue weighted by molar-refractivity contribution is 0.443. The van der Waals surface area contributed by atoms with Gasteiger partial charge in [-0.3, -0.25) is 4.79 Å². The van der Waals surface area contributed by atoms with E-state index >= 15 is 0 Å². The van der Waals surface area contributed by atoms with Gasteiger partial charge in [-0.1, -0.05) is 13.3 Å². The Morgan fingerprint density at radius 1 is 1.62 bits per heavy atom. The zero-order valence-corrected chi connectivity index (χ0v) is 8.89. The third-order valence-corrected chi connectivity index (χ3v) is 2.38. The standard InChI is InChI=1S/C8H11BrN2O2/c1-2-3-4-5-10-7(12)6(9)8(13)11-5/h2-4H2,1H3,(H2,10,11,12,13). The Morgan fingerprint density at radius 2 is 2.31 bits per heavy atom. The lowest BCUT2D eigenvalue weighted by atomic mass is 10.2. The third-order valence-electron chi connectivity index (χ3n) is 1.66. The van der Waals surface area contributed by atoms with Crippen molar-refractivity contribution in [3.05, 3.63) is 20.7 Å². The van der Waals surface area contributed by atoms with Gasteiger partial charge >= 0.3 is 0 Å². The molecule has 0 aliphatic carbocycles. The molecular formula is C8H11BrN2O2. The van der Waals surface area contributed by atoms with Crippen LogP contribution in [0, 0.1) is 0 Å². The second-order valence-corrected chi connectivity index (χ2v) is 3.55. The second-order valence-electron chi connectivity index (χ2n) is 2.75. The van der Waals surface area contributed by atoms with Crippen molar-refractivity contribution in [2.75, 3.05) is 0 Å². The fourth-order valence-corrected chi connectivity index (χ4v) is 1.14. The van der Waals surface area contributed by atoms with Gasteiger partial charge in [-0.2, -0.15) is 4.98 Å². The number of H-pyrrole nitrogens is 1.